The van der Waals surface area contributed by atoms with Gasteiger partial charge in [-0.15, -0.1) is 0 Å². The monoisotopic (exact) mass is 294 g/mol. The maximum absolute atomic E-state index is 5.79. The van der Waals surface area contributed by atoms with Gasteiger partial charge in [0.25, 0.3) is 0 Å². The summed E-state index contributed by atoms with van der Waals surface area (Å²) in [5.74, 6) is 1.57. The molecule has 0 aliphatic carbocycles. The van der Waals surface area contributed by atoms with Gasteiger partial charge in [0.2, 0.25) is 0 Å². The summed E-state index contributed by atoms with van der Waals surface area (Å²) >= 11 is 7.40. The van der Waals surface area contributed by atoms with Gasteiger partial charge in [0, 0.05) is 18.5 Å². The van der Waals surface area contributed by atoms with Crippen molar-refractivity contribution in [2.24, 2.45) is 0 Å². The van der Waals surface area contributed by atoms with Crippen LogP contribution in [0.15, 0.2) is 35.7 Å². The molecule has 2 heterocycles. The van der Waals surface area contributed by atoms with Crippen LogP contribution in [0.25, 0.3) is 0 Å². The van der Waals surface area contributed by atoms with Crippen molar-refractivity contribution in [1.82, 2.24) is 15.0 Å². The van der Waals surface area contributed by atoms with E-state index < -0.39 is 0 Å². The molecule has 2 aromatic heterocycles. The quantitative estimate of drug-likeness (QED) is 0.824. The van der Waals surface area contributed by atoms with Crippen molar-refractivity contribution >= 4 is 29.2 Å². The van der Waals surface area contributed by atoms with Gasteiger partial charge in [-0.05, 0) is 18.6 Å². The molecule has 4 nitrogen and oxygen atoms in total. The van der Waals surface area contributed by atoms with Gasteiger partial charge in [0.1, 0.15) is 5.82 Å². The minimum Gasteiger partial charge on any atom is -0.369 e. The minimum atomic E-state index is 0.649. The number of rotatable bonds is 6. The maximum atomic E-state index is 5.79. The molecule has 1 N–H and O–H groups in total. The highest BCUT2D eigenvalue weighted by molar-refractivity contribution is 7.98. The summed E-state index contributed by atoms with van der Waals surface area (Å²) in [7, 11) is 0. The maximum Gasteiger partial charge on any atom is 0.144 e. The Bertz CT molecular complexity index is 501. The van der Waals surface area contributed by atoms with Crippen LogP contribution in [-0.2, 0) is 5.75 Å². The van der Waals surface area contributed by atoms with Crippen LogP contribution in [-0.4, -0.2) is 21.5 Å². The van der Waals surface area contributed by atoms with E-state index in [0.29, 0.717) is 5.02 Å². The average Bonchev–Trinajstić information content (AvgIpc) is 2.46. The number of thioether (sulfide) groups is 1. The fourth-order valence-electron chi connectivity index (χ4n) is 1.37. The van der Waals surface area contributed by atoms with Crippen molar-refractivity contribution < 1.29 is 0 Å². The van der Waals surface area contributed by atoms with Gasteiger partial charge in [-0.2, -0.15) is 0 Å². The summed E-state index contributed by atoms with van der Waals surface area (Å²) in [5.41, 5.74) is 0.934. The molecule has 0 atom stereocenters. The molecule has 0 saturated carbocycles. The van der Waals surface area contributed by atoms with Crippen molar-refractivity contribution in [2.45, 2.75) is 24.1 Å². The third-order valence-electron chi connectivity index (χ3n) is 2.33. The summed E-state index contributed by atoms with van der Waals surface area (Å²) in [6, 6.07) is 3.73. The molecule has 0 fully saturated rings. The predicted molar refractivity (Wildman–Crippen MR) is 79.6 cm³/mol. The van der Waals surface area contributed by atoms with E-state index in [9.17, 15) is 0 Å². The smallest absolute Gasteiger partial charge is 0.144 e. The molecule has 0 unspecified atom stereocenters. The van der Waals surface area contributed by atoms with Gasteiger partial charge in [0.15, 0.2) is 0 Å². The number of halogens is 1. The van der Waals surface area contributed by atoms with Crippen LogP contribution in [0.3, 0.4) is 0 Å². The van der Waals surface area contributed by atoms with E-state index in [1.54, 1.807) is 30.4 Å². The number of hydrogen-bond acceptors (Lipinski definition) is 5. The van der Waals surface area contributed by atoms with Crippen LogP contribution < -0.4 is 5.32 Å². The van der Waals surface area contributed by atoms with E-state index >= 15 is 0 Å². The Morgan fingerprint density at radius 1 is 1.16 bits per heavy atom. The molecule has 0 saturated heterocycles. The lowest BCUT2D eigenvalue weighted by atomic mass is 10.4. The van der Waals surface area contributed by atoms with Crippen molar-refractivity contribution in [3.8, 4) is 0 Å². The Morgan fingerprint density at radius 2 is 2.05 bits per heavy atom. The van der Waals surface area contributed by atoms with E-state index in [1.165, 1.54) is 0 Å². The number of pyridine rings is 1. The zero-order valence-corrected chi connectivity index (χ0v) is 12.2. The molecule has 6 heteroatoms. The molecule has 19 heavy (non-hydrogen) atoms. The van der Waals surface area contributed by atoms with E-state index in [-0.39, 0.29) is 0 Å². The Morgan fingerprint density at radius 3 is 2.68 bits per heavy atom. The first-order chi connectivity index (χ1) is 9.28. The zero-order valence-electron chi connectivity index (χ0n) is 10.6. The second-order valence-electron chi connectivity index (χ2n) is 3.92. The molecular weight excluding hydrogens is 280 g/mol. The van der Waals surface area contributed by atoms with Gasteiger partial charge in [-0.25, -0.2) is 9.97 Å². The van der Waals surface area contributed by atoms with Crippen LogP contribution in [0.2, 0.25) is 5.02 Å². The van der Waals surface area contributed by atoms with Gasteiger partial charge >= 0.3 is 0 Å². The normalized spacial score (nSPS) is 10.4. The lowest BCUT2D eigenvalue weighted by molar-refractivity contribution is 0.960. The third kappa shape index (κ3) is 4.69. The fraction of sp³-hybridized carbons (Fsp3) is 0.308. The molecular formula is C13H15ClN4S. The van der Waals surface area contributed by atoms with E-state index in [2.05, 4.69) is 27.2 Å². The van der Waals surface area contributed by atoms with Gasteiger partial charge < -0.3 is 5.32 Å². The van der Waals surface area contributed by atoms with E-state index in [4.69, 9.17) is 11.6 Å². The first-order valence-corrected chi connectivity index (χ1v) is 7.43. The minimum absolute atomic E-state index is 0.649. The Labute approximate surface area is 122 Å². The van der Waals surface area contributed by atoms with E-state index in [0.717, 1.165) is 35.3 Å². The van der Waals surface area contributed by atoms with Crippen LogP contribution in [0, 0.1) is 0 Å². The van der Waals surface area contributed by atoms with Crippen molar-refractivity contribution in [1.29, 1.82) is 0 Å². The molecule has 0 aliphatic heterocycles. The average molecular weight is 295 g/mol. The summed E-state index contributed by atoms with van der Waals surface area (Å²) in [6.07, 6.45) is 6.27. The lowest BCUT2D eigenvalue weighted by Gasteiger charge is -2.04. The SMILES string of the molecule is CCCNc1cnc(CSc2ccc(Cl)cn2)cn1. The number of nitrogens with zero attached hydrogens (tertiary/aromatic N) is 3. The first-order valence-electron chi connectivity index (χ1n) is 6.07. The summed E-state index contributed by atoms with van der Waals surface area (Å²) in [4.78, 5) is 12.9. The molecule has 0 amide bonds. The Hall–Kier alpha value is -1.33. The van der Waals surface area contributed by atoms with Gasteiger partial charge in [0.05, 0.1) is 28.1 Å². The number of aromatic nitrogens is 3. The predicted octanol–water partition coefficient (Wildman–Crippen LogP) is 3.64. The molecule has 0 radical (unpaired) electrons. The van der Waals surface area contributed by atoms with Crippen LogP contribution in [0.5, 0.6) is 0 Å². The first kappa shape index (κ1) is 14.1. The summed E-state index contributed by atoms with van der Waals surface area (Å²) in [5, 5.41) is 4.77. The Kier molecular flexibility index (Phi) is 5.42. The highest BCUT2D eigenvalue weighted by Gasteiger charge is 2.00. The second-order valence-corrected chi connectivity index (χ2v) is 5.36. The van der Waals surface area contributed by atoms with Gasteiger partial charge in [-0.1, -0.05) is 30.3 Å². The molecule has 2 aromatic rings. The van der Waals surface area contributed by atoms with Crippen molar-refractivity contribution in [3.05, 3.63) is 41.4 Å². The Balaban J connectivity index is 1.87. The summed E-state index contributed by atoms with van der Waals surface area (Å²) < 4.78 is 0. The number of anilines is 1. The van der Waals surface area contributed by atoms with Gasteiger partial charge in [-0.3, -0.25) is 4.98 Å². The van der Waals surface area contributed by atoms with Crippen LogP contribution in [0.4, 0.5) is 5.82 Å². The molecule has 0 spiro atoms. The van der Waals surface area contributed by atoms with Crippen LogP contribution in [0.1, 0.15) is 19.0 Å². The fourth-order valence-corrected chi connectivity index (χ4v) is 2.22. The number of nitrogens with one attached hydrogen (secondary N) is 1. The highest BCUT2D eigenvalue weighted by atomic mass is 35.5. The molecule has 0 aromatic carbocycles. The molecule has 0 aliphatic rings. The largest absolute Gasteiger partial charge is 0.369 e. The van der Waals surface area contributed by atoms with Crippen LogP contribution >= 0.6 is 23.4 Å². The highest BCUT2D eigenvalue weighted by Crippen LogP contribution is 2.20. The third-order valence-corrected chi connectivity index (χ3v) is 3.53. The molecule has 2 rings (SSSR count). The second kappa shape index (κ2) is 7.31. The topological polar surface area (TPSA) is 50.7 Å². The van der Waals surface area contributed by atoms with Crippen molar-refractivity contribution in [2.75, 3.05) is 11.9 Å². The van der Waals surface area contributed by atoms with E-state index in [1.807, 2.05) is 12.1 Å². The zero-order chi connectivity index (χ0) is 13.5. The standard InChI is InChI=1S/C13H15ClN4S/c1-2-5-15-12-8-16-11(7-17-12)9-19-13-4-3-10(14)6-18-13/h3-4,6-8H,2,5,9H2,1H3,(H,15,17). The van der Waals surface area contributed by atoms with Crippen molar-refractivity contribution in [3.63, 3.8) is 0 Å². The molecule has 0 bridgehead atoms. The lowest BCUT2D eigenvalue weighted by Crippen LogP contribution is -2.02. The summed E-state index contributed by atoms with van der Waals surface area (Å²) in [6.45, 7) is 3.03. The number of hydrogen-bond donors (Lipinski definition) is 1. The molecule has 100 valence electrons.